The van der Waals surface area contributed by atoms with Crippen molar-refractivity contribution in [2.45, 2.75) is 33.1 Å². The second kappa shape index (κ2) is 4.77. The molecule has 17 heavy (non-hydrogen) atoms. The van der Waals surface area contributed by atoms with Crippen molar-refractivity contribution in [3.63, 3.8) is 0 Å². The number of alkyl halides is 3. The van der Waals surface area contributed by atoms with Gasteiger partial charge in [-0.3, -0.25) is 0 Å². The average Bonchev–Trinajstić information content (AvgIpc) is 2.15. The van der Waals surface area contributed by atoms with Crippen LogP contribution in [0.15, 0.2) is 18.2 Å². The molecule has 1 aromatic carbocycles. The van der Waals surface area contributed by atoms with E-state index in [1.54, 1.807) is 13.8 Å². The first kappa shape index (κ1) is 13.5. The van der Waals surface area contributed by atoms with Gasteiger partial charge >= 0.3 is 12.1 Å². The van der Waals surface area contributed by atoms with E-state index < -0.39 is 17.7 Å². The molecule has 0 heterocycles. The zero-order valence-electron chi connectivity index (χ0n) is 9.76. The number of carbonyl (C=O) groups is 1. The van der Waals surface area contributed by atoms with Crippen molar-refractivity contribution < 1.29 is 22.7 Å². The van der Waals surface area contributed by atoms with Crippen LogP contribution in [-0.4, -0.2) is 12.1 Å². The van der Waals surface area contributed by atoms with Gasteiger partial charge in [0, 0.05) is 0 Å². The lowest BCUT2D eigenvalue weighted by atomic mass is 10.0. The number of aryl methyl sites for hydroxylation is 1. The van der Waals surface area contributed by atoms with Crippen molar-refractivity contribution in [2.24, 2.45) is 0 Å². The fourth-order valence-electron chi connectivity index (χ4n) is 1.34. The molecule has 0 spiro atoms. The number of benzene rings is 1. The second-order valence-corrected chi connectivity index (χ2v) is 3.98. The van der Waals surface area contributed by atoms with Crippen LogP contribution in [0.4, 0.5) is 13.2 Å². The summed E-state index contributed by atoms with van der Waals surface area (Å²) in [4.78, 5) is 11.5. The SMILES string of the molecule is Cc1ccc(C(=O)OC(C)C)cc1C(F)(F)F. The Morgan fingerprint density at radius 3 is 2.35 bits per heavy atom. The topological polar surface area (TPSA) is 26.3 Å². The predicted molar refractivity (Wildman–Crippen MR) is 56.7 cm³/mol. The summed E-state index contributed by atoms with van der Waals surface area (Å²) in [7, 11) is 0. The zero-order chi connectivity index (χ0) is 13.2. The highest BCUT2D eigenvalue weighted by Gasteiger charge is 2.33. The minimum absolute atomic E-state index is 0.0820. The van der Waals surface area contributed by atoms with Gasteiger partial charge in [-0.2, -0.15) is 13.2 Å². The largest absolute Gasteiger partial charge is 0.459 e. The third kappa shape index (κ3) is 3.47. The molecule has 0 bridgehead atoms. The molecule has 94 valence electrons. The maximum absolute atomic E-state index is 12.6. The zero-order valence-corrected chi connectivity index (χ0v) is 9.76. The van der Waals surface area contributed by atoms with Gasteiger partial charge in [-0.1, -0.05) is 6.07 Å². The molecular formula is C12H13F3O2. The average molecular weight is 246 g/mol. The Hall–Kier alpha value is -1.52. The number of hydrogen-bond donors (Lipinski definition) is 0. The Bertz CT molecular complexity index is 422. The first-order valence-electron chi connectivity index (χ1n) is 5.10. The van der Waals surface area contributed by atoms with Crippen molar-refractivity contribution in [3.05, 3.63) is 34.9 Å². The van der Waals surface area contributed by atoms with Gasteiger partial charge in [-0.05, 0) is 38.5 Å². The minimum atomic E-state index is -4.46. The summed E-state index contributed by atoms with van der Waals surface area (Å²) in [5.41, 5.74) is -0.814. The van der Waals surface area contributed by atoms with E-state index in [-0.39, 0.29) is 17.2 Å². The number of ether oxygens (including phenoxy) is 1. The minimum Gasteiger partial charge on any atom is -0.459 e. The van der Waals surface area contributed by atoms with Gasteiger partial charge in [-0.15, -0.1) is 0 Å². The van der Waals surface area contributed by atoms with Crippen LogP contribution in [0.1, 0.15) is 35.3 Å². The van der Waals surface area contributed by atoms with E-state index in [4.69, 9.17) is 4.74 Å². The van der Waals surface area contributed by atoms with Crippen LogP contribution >= 0.6 is 0 Å². The van der Waals surface area contributed by atoms with E-state index in [1.807, 2.05) is 0 Å². The molecule has 1 rings (SSSR count). The molecular weight excluding hydrogens is 233 g/mol. The van der Waals surface area contributed by atoms with E-state index in [9.17, 15) is 18.0 Å². The van der Waals surface area contributed by atoms with Crippen LogP contribution in [0.2, 0.25) is 0 Å². The molecule has 0 aliphatic rings. The monoisotopic (exact) mass is 246 g/mol. The maximum Gasteiger partial charge on any atom is 0.416 e. The fraction of sp³-hybridized carbons (Fsp3) is 0.417. The van der Waals surface area contributed by atoms with Gasteiger partial charge in [0.05, 0.1) is 17.2 Å². The smallest absolute Gasteiger partial charge is 0.416 e. The number of carbonyl (C=O) groups excluding carboxylic acids is 1. The lowest BCUT2D eigenvalue weighted by Gasteiger charge is -2.12. The Morgan fingerprint density at radius 2 is 1.88 bits per heavy atom. The summed E-state index contributed by atoms with van der Waals surface area (Å²) in [6, 6.07) is 3.41. The predicted octanol–water partition coefficient (Wildman–Crippen LogP) is 3.58. The summed E-state index contributed by atoms with van der Waals surface area (Å²) in [6.45, 7) is 4.62. The lowest BCUT2D eigenvalue weighted by Crippen LogP contribution is -2.14. The van der Waals surface area contributed by atoms with Crippen molar-refractivity contribution >= 4 is 5.97 Å². The van der Waals surface area contributed by atoms with Crippen LogP contribution in [0, 0.1) is 6.92 Å². The Labute approximate surface area is 97.4 Å². The number of esters is 1. The van der Waals surface area contributed by atoms with Crippen LogP contribution in [0.5, 0.6) is 0 Å². The lowest BCUT2D eigenvalue weighted by molar-refractivity contribution is -0.138. The van der Waals surface area contributed by atoms with Crippen molar-refractivity contribution in [1.82, 2.24) is 0 Å². The Balaban J connectivity index is 3.09. The molecule has 0 fully saturated rings. The van der Waals surface area contributed by atoms with E-state index in [0.29, 0.717) is 0 Å². The fourth-order valence-corrected chi connectivity index (χ4v) is 1.34. The molecule has 5 heteroatoms. The number of halogens is 3. The highest BCUT2D eigenvalue weighted by molar-refractivity contribution is 5.89. The molecule has 1 aromatic rings. The van der Waals surface area contributed by atoms with Crippen molar-refractivity contribution in [3.8, 4) is 0 Å². The van der Waals surface area contributed by atoms with E-state index in [2.05, 4.69) is 0 Å². The standard InChI is InChI=1S/C12H13F3O2/c1-7(2)17-11(16)9-5-4-8(3)10(6-9)12(13,14)15/h4-7H,1-3H3. The van der Waals surface area contributed by atoms with Gasteiger partial charge in [0.1, 0.15) is 0 Å². The summed E-state index contributed by atoms with van der Waals surface area (Å²) >= 11 is 0. The van der Waals surface area contributed by atoms with Crippen molar-refractivity contribution in [2.75, 3.05) is 0 Å². The van der Waals surface area contributed by atoms with Crippen LogP contribution in [-0.2, 0) is 10.9 Å². The molecule has 0 aromatic heterocycles. The molecule has 0 saturated heterocycles. The van der Waals surface area contributed by atoms with E-state index in [0.717, 1.165) is 6.07 Å². The molecule has 0 atom stereocenters. The summed E-state index contributed by atoms with van der Waals surface area (Å²) in [6.07, 6.45) is -4.82. The molecule has 0 aliphatic heterocycles. The van der Waals surface area contributed by atoms with E-state index in [1.165, 1.54) is 19.1 Å². The second-order valence-electron chi connectivity index (χ2n) is 3.98. The molecule has 0 amide bonds. The highest BCUT2D eigenvalue weighted by Crippen LogP contribution is 2.32. The molecule has 0 unspecified atom stereocenters. The third-order valence-corrected chi connectivity index (χ3v) is 2.12. The summed E-state index contributed by atoms with van der Waals surface area (Å²) in [5, 5.41) is 0. The van der Waals surface area contributed by atoms with Gasteiger partial charge in [0.15, 0.2) is 0 Å². The maximum atomic E-state index is 12.6. The molecule has 0 saturated carbocycles. The van der Waals surface area contributed by atoms with Crippen LogP contribution in [0.3, 0.4) is 0 Å². The van der Waals surface area contributed by atoms with E-state index >= 15 is 0 Å². The summed E-state index contributed by atoms with van der Waals surface area (Å²) in [5.74, 6) is -0.745. The first-order chi connectivity index (χ1) is 7.71. The summed E-state index contributed by atoms with van der Waals surface area (Å²) < 4.78 is 42.6. The first-order valence-corrected chi connectivity index (χ1v) is 5.10. The molecule has 2 nitrogen and oxygen atoms in total. The van der Waals surface area contributed by atoms with Crippen LogP contribution < -0.4 is 0 Å². The van der Waals surface area contributed by atoms with Crippen LogP contribution in [0.25, 0.3) is 0 Å². The Kier molecular flexibility index (Phi) is 3.80. The molecule has 0 N–H and O–H groups in total. The van der Waals surface area contributed by atoms with Gasteiger partial charge < -0.3 is 4.74 Å². The third-order valence-electron chi connectivity index (χ3n) is 2.12. The van der Waals surface area contributed by atoms with Gasteiger partial charge in [-0.25, -0.2) is 4.79 Å². The Morgan fingerprint density at radius 1 is 1.29 bits per heavy atom. The highest BCUT2D eigenvalue weighted by atomic mass is 19.4. The number of rotatable bonds is 2. The van der Waals surface area contributed by atoms with Crippen molar-refractivity contribution in [1.29, 1.82) is 0 Å². The van der Waals surface area contributed by atoms with Gasteiger partial charge in [0.2, 0.25) is 0 Å². The molecule has 0 radical (unpaired) electrons. The number of hydrogen-bond acceptors (Lipinski definition) is 2. The quantitative estimate of drug-likeness (QED) is 0.745. The normalized spacial score (nSPS) is 11.7. The molecule has 0 aliphatic carbocycles. The van der Waals surface area contributed by atoms with Gasteiger partial charge in [0.25, 0.3) is 0 Å².